The monoisotopic (exact) mass is 637 g/mol. The minimum atomic E-state index is 0.720. The second kappa shape index (κ2) is 12.7. The quantitative estimate of drug-likeness (QED) is 0.182. The molecule has 0 aliphatic rings. The predicted molar refractivity (Wildman–Crippen MR) is 207 cm³/mol. The molecule has 3 heteroatoms. The van der Waals surface area contributed by atoms with E-state index in [0.717, 1.165) is 50.4 Å². The fourth-order valence-electron chi connectivity index (χ4n) is 6.69. The molecule has 0 N–H and O–H groups in total. The third kappa shape index (κ3) is 5.72. The van der Waals surface area contributed by atoms with Gasteiger partial charge in [-0.25, -0.2) is 9.97 Å². The molecule has 0 spiro atoms. The van der Waals surface area contributed by atoms with E-state index in [1.807, 2.05) is 48.7 Å². The van der Waals surface area contributed by atoms with Crippen LogP contribution < -0.4 is 0 Å². The number of hydrogen-bond acceptors (Lipinski definition) is 3. The number of pyridine rings is 1. The van der Waals surface area contributed by atoms with Gasteiger partial charge in [0.15, 0.2) is 5.82 Å². The van der Waals surface area contributed by atoms with Gasteiger partial charge in [-0.3, -0.25) is 4.98 Å². The Bertz CT molecular complexity index is 2550. The van der Waals surface area contributed by atoms with Crippen LogP contribution in [0.25, 0.3) is 89.0 Å². The summed E-state index contributed by atoms with van der Waals surface area (Å²) < 4.78 is 0. The Balaban J connectivity index is 0.990. The number of rotatable bonds is 6. The molecule has 3 nitrogen and oxygen atoms in total. The molecule has 0 aliphatic heterocycles. The maximum Gasteiger partial charge on any atom is 0.160 e. The van der Waals surface area contributed by atoms with E-state index in [2.05, 4.69) is 145 Å². The molecule has 2 heterocycles. The zero-order valence-electron chi connectivity index (χ0n) is 27.2. The highest BCUT2D eigenvalue weighted by Gasteiger charge is 2.12. The van der Waals surface area contributed by atoms with Crippen molar-refractivity contribution >= 4 is 21.7 Å². The molecule has 0 aliphatic carbocycles. The Kier molecular flexibility index (Phi) is 7.49. The van der Waals surface area contributed by atoms with E-state index in [4.69, 9.17) is 9.97 Å². The smallest absolute Gasteiger partial charge is 0.160 e. The van der Waals surface area contributed by atoms with Gasteiger partial charge in [0.1, 0.15) is 0 Å². The SMILES string of the molecule is c1ccc(-c2cc(-c3ccc(-c4ccc5cc(-c6ccc(-c7cccc8cccnc78)cc6)ccc5c4)cc3)nc(-c3ccccc3)n2)cc1. The number of aromatic nitrogens is 3. The van der Waals surface area contributed by atoms with Crippen LogP contribution in [-0.4, -0.2) is 15.0 Å². The van der Waals surface area contributed by atoms with E-state index < -0.39 is 0 Å². The van der Waals surface area contributed by atoms with Crippen molar-refractivity contribution in [1.82, 2.24) is 15.0 Å². The van der Waals surface area contributed by atoms with Crippen LogP contribution in [0, 0.1) is 0 Å². The minimum Gasteiger partial charge on any atom is -0.256 e. The van der Waals surface area contributed by atoms with Gasteiger partial charge >= 0.3 is 0 Å². The molecule has 0 unspecified atom stereocenters. The van der Waals surface area contributed by atoms with Crippen molar-refractivity contribution in [3.63, 3.8) is 0 Å². The van der Waals surface area contributed by atoms with Gasteiger partial charge in [0, 0.05) is 33.8 Å². The number of para-hydroxylation sites is 1. The number of hydrogen-bond donors (Lipinski definition) is 0. The average Bonchev–Trinajstić information content (AvgIpc) is 3.21. The first-order valence-electron chi connectivity index (χ1n) is 16.8. The molecule has 9 aromatic rings. The Morgan fingerprint density at radius 3 is 1.42 bits per heavy atom. The molecule has 7 aromatic carbocycles. The molecule has 0 saturated heterocycles. The van der Waals surface area contributed by atoms with Crippen molar-refractivity contribution in [2.75, 3.05) is 0 Å². The molecule has 2 aromatic heterocycles. The Morgan fingerprint density at radius 2 is 0.800 bits per heavy atom. The molecule has 0 fully saturated rings. The van der Waals surface area contributed by atoms with Gasteiger partial charge in [0.05, 0.1) is 16.9 Å². The Hall–Kier alpha value is -6.71. The summed E-state index contributed by atoms with van der Waals surface area (Å²) in [6, 6.07) is 63.9. The second-order valence-electron chi connectivity index (χ2n) is 12.5. The van der Waals surface area contributed by atoms with Crippen molar-refractivity contribution in [2.24, 2.45) is 0 Å². The minimum absolute atomic E-state index is 0.720. The standard InChI is InChI=1S/C47H31N3/c1-3-9-35(10-4-1)44-31-45(50-47(49-44)38-11-5-2-6-12-38)36-22-18-33(19-23-36)40-25-27-41-29-39(24-26-42(41)30-40)32-16-20-34(21-17-32)43-15-7-13-37-14-8-28-48-46(37)43/h1-31H. The van der Waals surface area contributed by atoms with Crippen molar-refractivity contribution in [2.45, 2.75) is 0 Å². The summed E-state index contributed by atoms with van der Waals surface area (Å²) in [5.41, 5.74) is 13.0. The molecule has 0 amide bonds. The molecular weight excluding hydrogens is 607 g/mol. The zero-order valence-corrected chi connectivity index (χ0v) is 27.2. The average molecular weight is 638 g/mol. The van der Waals surface area contributed by atoms with Crippen LogP contribution in [0.1, 0.15) is 0 Å². The predicted octanol–water partition coefficient (Wildman–Crippen LogP) is 12.2. The summed E-state index contributed by atoms with van der Waals surface area (Å²) >= 11 is 0. The zero-order chi connectivity index (χ0) is 33.3. The first-order chi connectivity index (χ1) is 24.7. The lowest BCUT2D eigenvalue weighted by atomic mass is 9.95. The normalized spacial score (nSPS) is 11.2. The lowest BCUT2D eigenvalue weighted by molar-refractivity contribution is 1.18. The Morgan fingerprint density at radius 1 is 0.300 bits per heavy atom. The summed E-state index contributed by atoms with van der Waals surface area (Å²) in [5.74, 6) is 0.720. The van der Waals surface area contributed by atoms with Crippen LogP contribution in [0.15, 0.2) is 188 Å². The third-order valence-electron chi connectivity index (χ3n) is 9.34. The van der Waals surface area contributed by atoms with E-state index >= 15 is 0 Å². The lowest BCUT2D eigenvalue weighted by Crippen LogP contribution is -1.95. The van der Waals surface area contributed by atoms with E-state index in [-0.39, 0.29) is 0 Å². The highest BCUT2D eigenvalue weighted by atomic mass is 14.9. The van der Waals surface area contributed by atoms with E-state index in [1.54, 1.807) is 0 Å². The van der Waals surface area contributed by atoms with Crippen molar-refractivity contribution in [3.05, 3.63) is 188 Å². The van der Waals surface area contributed by atoms with E-state index in [0.29, 0.717) is 0 Å². The van der Waals surface area contributed by atoms with Gasteiger partial charge in [-0.15, -0.1) is 0 Å². The summed E-state index contributed by atoms with van der Waals surface area (Å²) in [7, 11) is 0. The van der Waals surface area contributed by atoms with Crippen LogP contribution in [0.4, 0.5) is 0 Å². The highest BCUT2D eigenvalue weighted by molar-refractivity contribution is 5.94. The van der Waals surface area contributed by atoms with Crippen LogP contribution >= 0.6 is 0 Å². The lowest BCUT2D eigenvalue weighted by Gasteiger charge is -2.11. The summed E-state index contributed by atoms with van der Waals surface area (Å²) in [6.45, 7) is 0. The molecule has 0 atom stereocenters. The molecular formula is C47H31N3. The fraction of sp³-hybridized carbons (Fsp3) is 0. The molecule has 0 radical (unpaired) electrons. The summed E-state index contributed by atoms with van der Waals surface area (Å²) in [6.07, 6.45) is 1.86. The maximum absolute atomic E-state index is 4.99. The molecule has 234 valence electrons. The highest BCUT2D eigenvalue weighted by Crippen LogP contribution is 2.33. The largest absolute Gasteiger partial charge is 0.256 e. The van der Waals surface area contributed by atoms with Gasteiger partial charge in [0.2, 0.25) is 0 Å². The number of nitrogens with zero attached hydrogens (tertiary/aromatic N) is 3. The van der Waals surface area contributed by atoms with Crippen LogP contribution in [0.3, 0.4) is 0 Å². The molecule has 9 rings (SSSR count). The van der Waals surface area contributed by atoms with E-state index in [1.165, 1.54) is 38.6 Å². The van der Waals surface area contributed by atoms with Crippen LogP contribution in [0.2, 0.25) is 0 Å². The second-order valence-corrected chi connectivity index (χ2v) is 12.5. The third-order valence-corrected chi connectivity index (χ3v) is 9.34. The first-order valence-corrected chi connectivity index (χ1v) is 16.8. The van der Waals surface area contributed by atoms with Gasteiger partial charge < -0.3 is 0 Å². The van der Waals surface area contributed by atoms with Gasteiger partial charge in [-0.2, -0.15) is 0 Å². The topological polar surface area (TPSA) is 38.7 Å². The molecule has 0 saturated carbocycles. The van der Waals surface area contributed by atoms with Crippen molar-refractivity contribution < 1.29 is 0 Å². The van der Waals surface area contributed by atoms with Gasteiger partial charge in [-0.05, 0) is 62.9 Å². The van der Waals surface area contributed by atoms with Crippen molar-refractivity contribution in [3.8, 4) is 67.3 Å². The Labute approximate surface area is 291 Å². The first kappa shape index (κ1) is 29.4. The van der Waals surface area contributed by atoms with Crippen molar-refractivity contribution in [1.29, 1.82) is 0 Å². The van der Waals surface area contributed by atoms with Gasteiger partial charge in [-0.1, -0.05) is 158 Å². The molecule has 0 bridgehead atoms. The van der Waals surface area contributed by atoms with Crippen LogP contribution in [-0.2, 0) is 0 Å². The van der Waals surface area contributed by atoms with Crippen LogP contribution in [0.5, 0.6) is 0 Å². The number of fused-ring (bicyclic) bond motifs is 2. The summed E-state index contributed by atoms with van der Waals surface area (Å²) in [4.78, 5) is 14.6. The number of benzene rings is 7. The fourth-order valence-corrected chi connectivity index (χ4v) is 6.69. The summed E-state index contributed by atoms with van der Waals surface area (Å²) in [5, 5.41) is 3.58. The maximum atomic E-state index is 4.99. The van der Waals surface area contributed by atoms with Gasteiger partial charge in [0.25, 0.3) is 0 Å². The van der Waals surface area contributed by atoms with E-state index in [9.17, 15) is 0 Å². The molecule has 50 heavy (non-hydrogen) atoms.